The third-order valence-corrected chi connectivity index (χ3v) is 5.11. The number of likely N-dealkylation sites (tertiary alicyclic amines) is 1. The lowest BCUT2D eigenvalue weighted by molar-refractivity contribution is -0.128. The third-order valence-electron chi connectivity index (χ3n) is 5.11. The van der Waals surface area contributed by atoms with Crippen molar-refractivity contribution in [3.8, 4) is 11.5 Å². The molecule has 0 spiro atoms. The Morgan fingerprint density at radius 2 is 1.93 bits per heavy atom. The van der Waals surface area contributed by atoms with Crippen LogP contribution in [0.3, 0.4) is 0 Å². The molecule has 2 aromatic carbocycles. The average Bonchev–Trinajstić information content (AvgIpc) is 3.38. The summed E-state index contributed by atoms with van der Waals surface area (Å²) in [5.41, 5.74) is 1.85. The number of aryl methyl sites for hydroxylation is 1. The highest BCUT2D eigenvalue weighted by atomic mass is 16.5. The topological polar surface area (TPSA) is 58.6 Å². The number of ether oxygens (including phenoxy) is 1. The van der Waals surface area contributed by atoms with Gasteiger partial charge in [-0.2, -0.15) is 0 Å². The predicted octanol–water partition coefficient (Wildman–Crippen LogP) is 3.98. The first kappa shape index (κ1) is 17.6. The molecule has 2 fully saturated rings. The largest absolute Gasteiger partial charge is 0.457 e. The fraction of sp³-hybridized carbons (Fsp3) is 0.364. The van der Waals surface area contributed by atoms with Gasteiger partial charge in [0.1, 0.15) is 11.5 Å². The van der Waals surface area contributed by atoms with E-state index in [9.17, 15) is 9.59 Å². The molecule has 2 amide bonds. The lowest BCUT2D eigenvalue weighted by Crippen LogP contribution is -2.29. The van der Waals surface area contributed by atoms with E-state index in [1.54, 1.807) is 0 Å². The van der Waals surface area contributed by atoms with Crippen molar-refractivity contribution in [2.24, 2.45) is 11.8 Å². The number of anilines is 1. The van der Waals surface area contributed by atoms with Crippen LogP contribution in [0, 0.1) is 18.8 Å². The predicted molar refractivity (Wildman–Crippen MR) is 104 cm³/mol. The molecule has 0 bridgehead atoms. The molecule has 5 heteroatoms. The van der Waals surface area contributed by atoms with Crippen LogP contribution in [0.4, 0.5) is 5.69 Å². The Hall–Kier alpha value is -2.82. The molecule has 4 rings (SSSR count). The molecular weight excluding hydrogens is 340 g/mol. The van der Waals surface area contributed by atoms with Gasteiger partial charge in [-0.3, -0.25) is 9.59 Å². The Morgan fingerprint density at radius 1 is 1.15 bits per heavy atom. The van der Waals surface area contributed by atoms with Crippen molar-refractivity contribution in [2.45, 2.75) is 26.2 Å². The van der Waals surface area contributed by atoms with Crippen molar-refractivity contribution in [1.29, 1.82) is 0 Å². The number of rotatable bonds is 6. The van der Waals surface area contributed by atoms with E-state index in [0.717, 1.165) is 17.9 Å². The van der Waals surface area contributed by atoms with Crippen molar-refractivity contribution >= 4 is 17.5 Å². The number of carbonyl (C=O) groups excluding carboxylic acids is 2. The Balaban J connectivity index is 1.32. The average molecular weight is 364 g/mol. The summed E-state index contributed by atoms with van der Waals surface area (Å²) < 4.78 is 5.83. The third kappa shape index (κ3) is 4.48. The molecule has 1 heterocycles. The van der Waals surface area contributed by atoms with Gasteiger partial charge in [0.15, 0.2) is 0 Å². The van der Waals surface area contributed by atoms with Gasteiger partial charge in [0.2, 0.25) is 11.8 Å². The number of benzene rings is 2. The molecule has 1 saturated heterocycles. The van der Waals surface area contributed by atoms with Crippen molar-refractivity contribution < 1.29 is 14.3 Å². The lowest BCUT2D eigenvalue weighted by Gasteiger charge is -2.16. The van der Waals surface area contributed by atoms with Crippen LogP contribution in [0.2, 0.25) is 0 Å². The van der Waals surface area contributed by atoms with Crippen LogP contribution >= 0.6 is 0 Å². The van der Waals surface area contributed by atoms with Gasteiger partial charge in [-0.25, -0.2) is 0 Å². The van der Waals surface area contributed by atoms with Gasteiger partial charge in [0, 0.05) is 25.2 Å². The smallest absolute Gasteiger partial charge is 0.229 e. The van der Waals surface area contributed by atoms with Gasteiger partial charge in [-0.15, -0.1) is 0 Å². The van der Waals surface area contributed by atoms with Crippen LogP contribution in [0.5, 0.6) is 11.5 Å². The van der Waals surface area contributed by atoms with Crippen LogP contribution in [0.25, 0.3) is 0 Å². The minimum absolute atomic E-state index is 0.0889. The molecule has 2 aromatic rings. The van der Waals surface area contributed by atoms with Gasteiger partial charge < -0.3 is 15.0 Å². The van der Waals surface area contributed by atoms with Gasteiger partial charge in [0.05, 0.1) is 5.92 Å². The molecule has 140 valence electrons. The quantitative estimate of drug-likeness (QED) is 0.843. The molecule has 1 N–H and O–H groups in total. The van der Waals surface area contributed by atoms with Gasteiger partial charge in [-0.05, 0) is 67.6 Å². The number of carbonyl (C=O) groups is 2. The van der Waals surface area contributed by atoms with E-state index < -0.39 is 0 Å². The first-order valence-corrected chi connectivity index (χ1v) is 9.50. The summed E-state index contributed by atoms with van der Waals surface area (Å²) in [6.07, 6.45) is 2.72. The summed E-state index contributed by atoms with van der Waals surface area (Å²) in [6.45, 7) is 3.37. The molecule has 27 heavy (non-hydrogen) atoms. The zero-order valence-corrected chi connectivity index (χ0v) is 15.5. The highest BCUT2D eigenvalue weighted by Crippen LogP contribution is 2.32. The summed E-state index contributed by atoms with van der Waals surface area (Å²) in [5, 5.41) is 2.92. The standard InChI is InChI=1S/C22H24N2O3/c1-15-3-2-4-20(11-15)27-19-9-7-18(8-10-19)23-22(26)17-12-21(25)24(14-17)13-16-5-6-16/h2-4,7-11,16-17H,5-6,12-14H2,1H3,(H,23,26). The van der Waals surface area contributed by atoms with Crippen molar-refractivity contribution in [2.75, 3.05) is 18.4 Å². The van der Waals surface area contributed by atoms with E-state index in [1.165, 1.54) is 12.8 Å². The van der Waals surface area contributed by atoms with Crippen LogP contribution in [-0.4, -0.2) is 29.8 Å². The van der Waals surface area contributed by atoms with Crippen LogP contribution in [0.1, 0.15) is 24.8 Å². The molecule has 5 nitrogen and oxygen atoms in total. The van der Waals surface area contributed by atoms with Crippen LogP contribution in [0.15, 0.2) is 48.5 Å². The maximum absolute atomic E-state index is 12.5. The first-order chi connectivity index (χ1) is 13.1. The van der Waals surface area contributed by atoms with E-state index in [0.29, 0.717) is 30.3 Å². The normalized spacial score (nSPS) is 19.2. The maximum Gasteiger partial charge on any atom is 0.229 e. The molecule has 1 aliphatic heterocycles. The number of hydrogen-bond donors (Lipinski definition) is 1. The molecule has 0 radical (unpaired) electrons. The van der Waals surface area contributed by atoms with E-state index in [-0.39, 0.29) is 17.7 Å². The first-order valence-electron chi connectivity index (χ1n) is 9.50. The summed E-state index contributed by atoms with van der Waals surface area (Å²) in [5.74, 6) is 1.89. The maximum atomic E-state index is 12.5. The fourth-order valence-corrected chi connectivity index (χ4v) is 3.40. The van der Waals surface area contributed by atoms with Gasteiger partial charge in [0.25, 0.3) is 0 Å². The molecule has 1 saturated carbocycles. The lowest BCUT2D eigenvalue weighted by atomic mass is 10.1. The summed E-state index contributed by atoms with van der Waals surface area (Å²) in [4.78, 5) is 26.4. The summed E-state index contributed by atoms with van der Waals surface area (Å²) in [6, 6.07) is 15.2. The minimum Gasteiger partial charge on any atom is -0.457 e. The molecule has 0 aromatic heterocycles. The Kier molecular flexibility index (Phi) is 4.84. The summed E-state index contributed by atoms with van der Waals surface area (Å²) >= 11 is 0. The minimum atomic E-state index is -0.264. The molecular formula is C22H24N2O3. The molecule has 1 unspecified atom stereocenters. The number of hydrogen-bond acceptors (Lipinski definition) is 3. The molecule has 1 atom stereocenters. The van der Waals surface area contributed by atoms with E-state index in [2.05, 4.69) is 5.32 Å². The summed E-state index contributed by atoms with van der Waals surface area (Å²) in [7, 11) is 0. The van der Waals surface area contributed by atoms with Crippen molar-refractivity contribution in [3.63, 3.8) is 0 Å². The van der Waals surface area contributed by atoms with E-state index in [4.69, 9.17) is 4.74 Å². The van der Waals surface area contributed by atoms with Crippen LogP contribution < -0.4 is 10.1 Å². The fourth-order valence-electron chi connectivity index (χ4n) is 3.40. The van der Waals surface area contributed by atoms with Crippen molar-refractivity contribution in [1.82, 2.24) is 4.90 Å². The number of nitrogens with one attached hydrogen (secondary N) is 1. The number of amides is 2. The number of nitrogens with zero attached hydrogens (tertiary/aromatic N) is 1. The zero-order valence-electron chi connectivity index (χ0n) is 15.5. The van der Waals surface area contributed by atoms with E-state index >= 15 is 0 Å². The zero-order chi connectivity index (χ0) is 18.8. The van der Waals surface area contributed by atoms with Crippen LogP contribution in [-0.2, 0) is 9.59 Å². The van der Waals surface area contributed by atoms with Crippen molar-refractivity contribution in [3.05, 3.63) is 54.1 Å². The van der Waals surface area contributed by atoms with Gasteiger partial charge in [-0.1, -0.05) is 12.1 Å². The molecule has 1 aliphatic carbocycles. The monoisotopic (exact) mass is 364 g/mol. The SMILES string of the molecule is Cc1cccc(Oc2ccc(NC(=O)C3CC(=O)N(CC4CC4)C3)cc2)c1. The van der Waals surface area contributed by atoms with E-state index in [1.807, 2.05) is 60.4 Å². The second-order valence-electron chi connectivity index (χ2n) is 7.58. The second-order valence-corrected chi connectivity index (χ2v) is 7.58. The highest BCUT2D eigenvalue weighted by molar-refractivity contribution is 5.97. The molecule has 2 aliphatic rings. The Labute approximate surface area is 159 Å². The van der Waals surface area contributed by atoms with Gasteiger partial charge >= 0.3 is 0 Å². The Bertz CT molecular complexity index is 843. The highest BCUT2D eigenvalue weighted by Gasteiger charge is 2.37. The Morgan fingerprint density at radius 3 is 2.63 bits per heavy atom. The second kappa shape index (κ2) is 7.43.